The molecular weight excluding hydrogens is 294 g/mol. The van der Waals surface area contributed by atoms with Crippen molar-refractivity contribution in [3.8, 4) is 0 Å². The fraction of sp³-hybridized carbons (Fsp3) is 0.692. The number of hydrogen-bond donors (Lipinski definition) is 2. The molecule has 1 fully saturated rings. The van der Waals surface area contributed by atoms with Crippen LogP contribution >= 0.6 is 11.3 Å². The molecule has 0 unspecified atom stereocenters. The van der Waals surface area contributed by atoms with Crippen LogP contribution in [-0.4, -0.2) is 40.0 Å². The van der Waals surface area contributed by atoms with Crippen molar-refractivity contribution < 1.29 is 8.42 Å². The average Bonchev–Trinajstić information content (AvgIpc) is 2.82. The summed E-state index contributed by atoms with van der Waals surface area (Å²) in [6.07, 6.45) is 2.40. The molecule has 0 radical (unpaired) electrons. The summed E-state index contributed by atoms with van der Waals surface area (Å²) < 4.78 is 22.7. The molecule has 0 atom stereocenters. The minimum absolute atomic E-state index is 0.236. The largest absolute Gasteiger partial charge is 0.311 e. The Bertz CT molecular complexity index is 546. The summed E-state index contributed by atoms with van der Waals surface area (Å²) >= 11 is 1.24. The van der Waals surface area contributed by atoms with Gasteiger partial charge in [-0.3, -0.25) is 0 Å². The van der Waals surface area contributed by atoms with Crippen molar-refractivity contribution in [2.75, 3.05) is 26.7 Å². The van der Waals surface area contributed by atoms with Gasteiger partial charge in [0.2, 0.25) is 10.0 Å². The Balaban J connectivity index is 1.83. The smallest absolute Gasteiger partial charge is 0.247 e. The third-order valence-corrected chi connectivity index (χ3v) is 6.49. The van der Waals surface area contributed by atoms with Crippen LogP contribution in [0.3, 0.4) is 0 Å². The Hall–Kier alpha value is -0.470. The third kappa shape index (κ3) is 4.26. The van der Waals surface area contributed by atoms with Crippen LogP contribution in [0, 0.1) is 5.41 Å². The van der Waals surface area contributed by atoms with Crippen LogP contribution in [0.4, 0.5) is 0 Å². The zero-order valence-corrected chi connectivity index (χ0v) is 13.7. The SMILES string of the molecule is CN1CCC(C)(CNCc2ccc(S(N)(=O)=O)s2)CC1. The molecule has 0 saturated carbocycles. The van der Waals surface area contributed by atoms with Gasteiger partial charge in [0.05, 0.1) is 0 Å². The topological polar surface area (TPSA) is 75.4 Å². The number of sulfonamides is 1. The minimum atomic E-state index is -3.56. The number of likely N-dealkylation sites (tertiary alicyclic amines) is 1. The molecule has 0 spiro atoms. The maximum absolute atomic E-state index is 11.2. The van der Waals surface area contributed by atoms with E-state index in [9.17, 15) is 8.42 Å². The second kappa shape index (κ2) is 6.11. The van der Waals surface area contributed by atoms with E-state index in [0.717, 1.165) is 24.5 Å². The molecule has 20 heavy (non-hydrogen) atoms. The molecule has 1 aromatic rings. The van der Waals surface area contributed by atoms with E-state index in [1.807, 2.05) is 6.07 Å². The second-order valence-electron chi connectivity index (χ2n) is 5.98. The van der Waals surface area contributed by atoms with Gasteiger partial charge in [-0.05, 0) is 50.5 Å². The van der Waals surface area contributed by atoms with Crippen LogP contribution in [-0.2, 0) is 16.6 Å². The number of hydrogen-bond acceptors (Lipinski definition) is 5. The molecule has 0 amide bonds. The van der Waals surface area contributed by atoms with E-state index in [1.54, 1.807) is 6.07 Å². The molecule has 2 rings (SSSR count). The first-order chi connectivity index (χ1) is 9.28. The van der Waals surface area contributed by atoms with Crippen molar-refractivity contribution >= 4 is 21.4 Å². The predicted molar refractivity (Wildman–Crippen MR) is 82.2 cm³/mol. The van der Waals surface area contributed by atoms with E-state index in [0.29, 0.717) is 12.0 Å². The lowest BCUT2D eigenvalue weighted by Crippen LogP contribution is -2.41. The highest BCUT2D eigenvalue weighted by Crippen LogP contribution is 2.29. The molecule has 0 aromatic carbocycles. The maximum Gasteiger partial charge on any atom is 0.247 e. The van der Waals surface area contributed by atoms with Gasteiger partial charge < -0.3 is 10.2 Å². The summed E-state index contributed by atoms with van der Waals surface area (Å²) in [4.78, 5) is 3.37. The molecule has 1 aromatic heterocycles. The summed E-state index contributed by atoms with van der Waals surface area (Å²) in [7, 11) is -1.40. The van der Waals surface area contributed by atoms with Crippen LogP contribution < -0.4 is 10.5 Å². The Kier molecular flexibility index (Phi) is 4.86. The molecule has 2 heterocycles. The van der Waals surface area contributed by atoms with Gasteiger partial charge in [-0.2, -0.15) is 0 Å². The lowest BCUT2D eigenvalue weighted by atomic mass is 9.80. The number of nitrogens with one attached hydrogen (secondary N) is 1. The van der Waals surface area contributed by atoms with Gasteiger partial charge in [0, 0.05) is 18.0 Å². The standard InChI is InChI=1S/C13H23N3O2S2/c1-13(5-7-16(2)8-6-13)10-15-9-11-3-4-12(19-11)20(14,17)18/h3-4,15H,5-10H2,1-2H3,(H2,14,17,18). The van der Waals surface area contributed by atoms with Gasteiger partial charge in [-0.25, -0.2) is 13.6 Å². The predicted octanol–water partition coefficient (Wildman–Crippen LogP) is 1.22. The van der Waals surface area contributed by atoms with Gasteiger partial charge in [0.1, 0.15) is 4.21 Å². The summed E-state index contributed by atoms with van der Waals surface area (Å²) in [5.41, 5.74) is 0.340. The van der Waals surface area contributed by atoms with E-state index in [2.05, 4.69) is 24.2 Å². The summed E-state index contributed by atoms with van der Waals surface area (Å²) in [6, 6.07) is 3.41. The lowest BCUT2D eigenvalue weighted by molar-refractivity contribution is 0.137. The quantitative estimate of drug-likeness (QED) is 0.856. The first-order valence-electron chi connectivity index (χ1n) is 6.79. The van der Waals surface area contributed by atoms with E-state index < -0.39 is 10.0 Å². The molecule has 7 heteroatoms. The Morgan fingerprint density at radius 2 is 2.05 bits per heavy atom. The molecule has 1 aliphatic rings. The van der Waals surface area contributed by atoms with E-state index >= 15 is 0 Å². The Labute approximate surface area is 125 Å². The van der Waals surface area contributed by atoms with Crippen molar-refractivity contribution in [1.29, 1.82) is 0 Å². The van der Waals surface area contributed by atoms with Crippen molar-refractivity contribution in [3.63, 3.8) is 0 Å². The molecule has 1 saturated heterocycles. The van der Waals surface area contributed by atoms with Gasteiger partial charge in [0.15, 0.2) is 0 Å². The lowest BCUT2D eigenvalue weighted by Gasteiger charge is -2.38. The summed E-state index contributed by atoms with van der Waals surface area (Å²) in [5.74, 6) is 0. The van der Waals surface area contributed by atoms with Crippen LogP contribution in [0.5, 0.6) is 0 Å². The van der Waals surface area contributed by atoms with Crippen molar-refractivity contribution in [3.05, 3.63) is 17.0 Å². The number of rotatable bonds is 5. The molecule has 5 nitrogen and oxygen atoms in total. The molecular formula is C13H23N3O2S2. The van der Waals surface area contributed by atoms with E-state index in [-0.39, 0.29) is 4.21 Å². The van der Waals surface area contributed by atoms with E-state index in [4.69, 9.17) is 5.14 Å². The van der Waals surface area contributed by atoms with Gasteiger partial charge in [0.25, 0.3) is 0 Å². The fourth-order valence-electron chi connectivity index (χ4n) is 2.43. The minimum Gasteiger partial charge on any atom is -0.311 e. The monoisotopic (exact) mass is 317 g/mol. The molecule has 114 valence electrons. The highest BCUT2D eigenvalue weighted by Gasteiger charge is 2.28. The zero-order chi connectivity index (χ0) is 14.8. The fourth-order valence-corrected chi connectivity index (χ4v) is 4.18. The van der Waals surface area contributed by atoms with E-state index in [1.165, 1.54) is 24.2 Å². The van der Waals surface area contributed by atoms with Crippen LogP contribution in [0.25, 0.3) is 0 Å². The molecule has 3 N–H and O–H groups in total. The normalized spacial score (nSPS) is 20.1. The molecule has 0 bridgehead atoms. The van der Waals surface area contributed by atoms with Crippen LogP contribution in [0.15, 0.2) is 16.3 Å². The number of nitrogens with two attached hydrogens (primary N) is 1. The highest BCUT2D eigenvalue weighted by atomic mass is 32.2. The number of piperidine rings is 1. The Morgan fingerprint density at radius 3 is 2.60 bits per heavy atom. The molecule has 0 aliphatic carbocycles. The average molecular weight is 317 g/mol. The highest BCUT2D eigenvalue weighted by molar-refractivity contribution is 7.91. The van der Waals surface area contributed by atoms with Crippen molar-refractivity contribution in [1.82, 2.24) is 10.2 Å². The third-order valence-electron chi connectivity index (χ3n) is 3.96. The Morgan fingerprint density at radius 1 is 1.40 bits per heavy atom. The number of nitrogens with zero attached hydrogens (tertiary/aromatic N) is 1. The van der Waals surface area contributed by atoms with Crippen LogP contribution in [0.2, 0.25) is 0 Å². The van der Waals surface area contributed by atoms with Gasteiger partial charge in [-0.15, -0.1) is 11.3 Å². The van der Waals surface area contributed by atoms with Crippen molar-refractivity contribution in [2.45, 2.75) is 30.5 Å². The summed E-state index contributed by atoms with van der Waals surface area (Å²) in [6.45, 7) is 6.27. The first-order valence-corrected chi connectivity index (χ1v) is 9.16. The summed E-state index contributed by atoms with van der Waals surface area (Å²) in [5, 5.41) is 8.56. The number of primary sulfonamides is 1. The van der Waals surface area contributed by atoms with Gasteiger partial charge >= 0.3 is 0 Å². The van der Waals surface area contributed by atoms with Gasteiger partial charge in [-0.1, -0.05) is 6.92 Å². The number of thiophene rings is 1. The second-order valence-corrected chi connectivity index (χ2v) is 8.94. The van der Waals surface area contributed by atoms with Crippen molar-refractivity contribution in [2.24, 2.45) is 10.6 Å². The first kappa shape index (κ1) is 15.9. The molecule has 1 aliphatic heterocycles. The maximum atomic E-state index is 11.2. The van der Waals surface area contributed by atoms with Crippen LogP contribution in [0.1, 0.15) is 24.6 Å². The zero-order valence-electron chi connectivity index (χ0n) is 12.1.